The van der Waals surface area contributed by atoms with Gasteiger partial charge in [0.1, 0.15) is 5.65 Å². The van der Waals surface area contributed by atoms with Crippen molar-refractivity contribution in [2.24, 2.45) is 5.73 Å². The molecule has 21 heavy (non-hydrogen) atoms. The molecule has 0 saturated heterocycles. The molecule has 6 nitrogen and oxygen atoms in total. The average Bonchev–Trinajstić information content (AvgIpc) is 2.89. The number of imidazole rings is 1. The van der Waals surface area contributed by atoms with Gasteiger partial charge in [-0.1, -0.05) is 0 Å². The van der Waals surface area contributed by atoms with Crippen LogP contribution < -0.4 is 10.6 Å². The van der Waals surface area contributed by atoms with E-state index < -0.39 is 0 Å². The Kier molecular flexibility index (Phi) is 5.98. The molecule has 0 aliphatic rings. The number of nitrogens with zero attached hydrogens (tertiary/aromatic N) is 3. The van der Waals surface area contributed by atoms with E-state index in [9.17, 15) is 0 Å². The summed E-state index contributed by atoms with van der Waals surface area (Å²) in [4.78, 5) is 6.79. The topological polar surface area (TPSA) is 65.0 Å². The SMILES string of the molecule is COCCN(CCOC)c1ccc2nc(CCN)cn2c1. The first-order valence-corrected chi connectivity index (χ1v) is 7.19. The maximum atomic E-state index is 5.58. The number of fused-ring (bicyclic) bond motifs is 1. The zero-order chi connectivity index (χ0) is 15.1. The molecule has 116 valence electrons. The zero-order valence-electron chi connectivity index (χ0n) is 12.8. The second-order valence-electron chi connectivity index (χ2n) is 4.90. The van der Waals surface area contributed by atoms with Crippen LogP contribution >= 0.6 is 0 Å². The van der Waals surface area contributed by atoms with Crippen LogP contribution in [-0.4, -0.2) is 56.5 Å². The lowest BCUT2D eigenvalue weighted by molar-refractivity contribution is 0.190. The van der Waals surface area contributed by atoms with Gasteiger partial charge in [-0.3, -0.25) is 0 Å². The lowest BCUT2D eigenvalue weighted by Crippen LogP contribution is -2.30. The highest BCUT2D eigenvalue weighted by molar-refractivity contribution is 5.52. The van der Waals surface area contributed by atoms with Gasteiger partial charge >= 0.3 is 0 Å². The van der Waals surface area contributed by atoms with Gasteiger partial charge in [-0.2, -0.15) is 0 Å². The van der Waals surface area contributed by atoms with Crippen LogP contribution in [0.4, 0.5) is 5.69 Å². The monoisotopic (exact) mass is 292 g/mol. The molecule has 0 atom stereocenters. The molecule has 0 aliphatic heterocycles. The molecule has 0 amide bonds. The van der Waals surface area contributed by atoms with Gasteiger partial charge < -0.3 is 24.5 Å². The Labute approximate surface area is 125 Å². The van der Waals surface area contributed by atoms with Crippen LogP contribution in [0.5, 0.6) is 0 Å². The van der Waals surface area contributed by atoms with Crippen molar-refractivity contribution in [3.63, 3.8) is 0 Å². The molecule has 0 aliphatic carbocycles. The van der Waals surface area contributed by atoms with Crippen LogP contribution in [0.2, 0.25) is 0 Å². The summed E-state index contributed by atoms with van der Waals surface area (Å²) in [5.74, 6) is 0. The maximum absolute atomic E-state index is 5.58. The van der Waals surface area contributed by atoms with Crippen molar-refractivity contribution in [2.75, 3.05) is 52.0 Å². The summed E-state index contributed by atoms with van der Waals surface area (Å²) >= 11 is 0. The Morgan fingerprint density at radius 1 is 1.14 bits per heavy atom. The van der Waals surface area contributed by atoms with E-state index in [-0.39, 0.29) is 0 Å². The fourth-order valence-corrected chi connectivity index (χ4v) is 2.26. The van der Waals surface area contributed by atoms with E-state index in [1.807, 2.05) is 16.7 Å². The Morgan fingerprint density at radius 3 is 2.48 bits per heavy atom. The Balaban J connectivity index is 2.20. The van der Waals surface area contributed by atoms with Crippen molar-refractivity contribution in [3.05, 3.63) is 30.2 Å². The molecule has 0 spiro atoms. The molecule has 2 N–H and O–H groups in total. The molecule has 2 aromatic rings. The van der Waals surface area contributed by atoms with Gasteiger partial charge in [0.05, 0.1) is 24.6 Å². The average molecular weight is 292 g/mol. The van der Waals surface area contributed by atoms with Gasteiger partial charge in [0.15, 0.2) is 0 Å². The smallest absolute Gasteiger partial charge is 0.137 e. The van der Waals surface area contributed by atoms with E-state index >= 15 is 0 Å². The first-order chi connectivity index (χ1) is 10.3. The minimum Gasteiger partial charge on any atom is -0.383 e. The van der Waals surface area contributed by atoms with E-state index in [0.29, 0.717) is 19.8 Å². The number of hydrogen-bond donors (Lipinski definition) is 1. The lowest BCUT2D eigenvalue weighted by Gasteiger charge is -2.24. The minimum atomic E-state index is 0.616. The number of ether oxygens (including phenoxy) is 2. The highest BCUT2D eigenvalue weighted by atomic mass is 16.5. The summed E-state index contributed by atoms with van der Waals surface area (Å²) in [5, 5.41) is 0. The van der Waals surface area contributed by atoms with Gasteiger partial charge in [-0.25, -0.2) is 4.98 Å². The zero-order valence-corrected chi connectivity index (χ0v) is 12.8. The van der Waals surface area contributed by atoms with Crippen LogP contribution in [0.3, 0.4) is 0 Å². The molecule has 2 heterocycles. The Morgan fingerprint density at radius 2 is 1.86 bits per heavy atom. The van der Waals surface area contributed by atoms with E-state index in [1.165, 1.54) is 0 Å². The number of rotatable bonds is 9. The molecule has 0 aromatic carbocycles. The van der Waals surface area contributed by atoms with Gasteiger partial charge in [0.25, 0.3) is 0 Å². The molecule has 0 radical (unpaired) electrons. The highest BCUT2D eigenvalue weighted by Crippen LogP contribution is 2.16. The van der Waals surface area contributed by atoms with Gasteiger partial charge in [0, 0.05) is 46.1 Å². The van der Waals surface area contributed by atoms with Crippen LogP contribution in [0.15, 0.2) is 24.5 Å². The van der Waals surface area contributed by atoms with Crippen LogP contribution in [-0.2, 0) is 15.9 Å². The van der Waals surface area contributed by atoms with E-state index in [1.54, 1.807) is 14.2 Å². The third-order valence-electron chi connectivity index (χ3n) is 3.38. The second-order valence-corrected chi connectivity index (χ2v) is 4.90. The quantitative estimate of drug-likeness (QED) is 0.745. The molecular weight excluding hydrogens is 268 g/mol. The van der Waals surface area contributed by atoms with Crippen molar-refractivity contribution >= 4 is 11.3 Å². The fraction of sp³-hybridized carbons (Fsp3) is 0.533. The summed E-state index contributed by atoms with van der Waals surface area (Å²) in [6, 6.07) is 4.11. The number of hydrogen-bond acceptors (Lipinski definition) is 5. The van der Waals surface area contributed by atoms with Gasteiger partial charge in [0.2, 0.25) is 0 Å². The number of aromatic nitrogens is 2. The second kappa shape index (κ2) is 7.97. The van der Waals surface area contributed by atoms with E-state index in [2.05, 4.69) is 22.1 Å². The number of anilines is 1. The molecule has 2 aromatic heterocycles. The lowest BCUT2D eigenvalue weighted by atomic mass is 10.3. The first kappa shape index (κ1) is 15.8. The minimum absolute atomic E-state index is 0.616. The summed E-state index contributed by atoms with van der Waals surface area (Å²) in [6.07, 6.45) is 4.93. The van der Waals surface area contributed by atoms with Crippen LogP contribution in [0.1, 0.15) is 5.69 Å². The Hall–Kier alpha value is -1.63. The van der Waals surface area contributed by atoms with E-state index in [4.69, 9.17) is 15.2 Å². The van der Waals surface area contributed by atoms with Crippen molar-refractivity contribution in [1.82, 2.24) is 9.38 Å². The molecule has 6 heteroatoms. The summed E-state index contributed by atoms with van der Waals surface area (Å²) in [7, 11) is 3.43. The predicted molar refractivity (Wildman–Crippen MR) is 83.9 cm³/mol. The van der Waals surface area contributed by atoms with Crippen molar-refractivity contribution < 1.29 is 9.47 Å². The molecule has 0 bridgehead atoms. The van der Waals surface area contributed by atoms with Gasteiger partial charge in [-0.05, 0) is 18.7 Å². The maximum Gasteiger partial charge on any atom is 0.137 e. The third-order valence-corrected chi connectivity index (χ3v) is 3.38. The Bertz CT molecular complexity index is 548. The summed E-state index contributed by atoms with van der Waals surface area (Å²) < 4.78 is 12.4. The normalized spacial score (nSPS) is 11.2. The van der Waals surface area contributed by atoms with Gasteiger partial charge in [-0.15, -0.1) is 0 Å². The van der Waals surface area contributed by atoms with Crippen molar-refractivity contribution in [1.29, 1.82) is 0 Å². The number of pyridine rings is 1. The number of methoxy groups -OCH3 is 2. The fourth-order valence-electron chi connectivity index (χ4n) is 2.26. The molecular formula is C15H24N4O2. The predicted octanol–water partition coefficient (Wildman–Crippen LogP) is 0.935. The van der Waals surface area contributed by atoms with Crippen LogP contribution in [0, 0.1) is 0 Å². The molecule has 0 unspecified atom stereocenters. The van der Waals surface area contributed by atoms with Crippen molar-refractivity contribution in [3.8, 4) is 0 Å². The molecule has 0 fully saturated rings. The first-order valence-electron chi connectivity index (χ1n) is 7.19. The highest BCUT2D eigenvalue weighted by Gasteiger charge is 2.08. The molecule has 0 saturated carbocycles. The van der Waals surface area contributed by atoms with Crippen LogP contribution in [0.25, 0.3) is 5.65 Å². The standard InChI is InChI=1S/C15H24N4O2/c1-20-9-7-18(8-10-21-2)14-3-4-15-17-13(5-6-16)11-19(15)12-14/h3-4,11-12H,5-10,16H2,1-2H3. The third kappa shape index (κ3) is 4.17. The summed E-state index contributed by atoms with van der Waals surface area (Å²) in [5.41, 5.74) is 8.69. The largest absolute Gasteiger partial charge is 0.383 e. The number of nitrogens with two attached hydrogens (primary N) is 1. The van der Waals surface area contributed by atoms with E-state index in [0.717, 1.165) is 36.5 Å². The molecule has 2 rings (SSSR count). The van der Waals surface area contributed by atoms with Crippen molar-refractivity contribution in [2.45, 2.75) is 6.42 Å². The summed E-state index contributed by atoms with van der Waals surface area (Å²) in [6.45, 7) is 3.64.